The molecular weight excluding hydrogens is 392 g/mol. The van der Waals surface area contributed by atoms with Gasteiger partial charge in [0, 0.05) is 15.9 Å². The molecule has 148 valence electrons. The number of carbonyl (C=O) groups excluding carboxylic acids is 1. The number of nitro benzene ring substituents is 1. The molecule has 0 atom stereocenters. The summed E-state index contributed by atoms with van der Waals surface area (Å²) in [6.07, 6.45) is 0. The van der Waals surface area contributed by atoms with Crippen molar-refractivity contribution in [3.63, 3.8) is 0 Å². The number of nitrogens with zero attached hydrogens (tertiary/aromatic N) is 1. The standard InChI is InChI=1S/C21H18N2O5S/c1-27-18-12-11-15(23(25)26)13-19(18)28-14-21(24)22-17-9-5-6-10-20(17)29-16-7-3-2-4-8-16/h2-13H,14H2,1H3,(H,22,24). The number of amides is 1. The summed E-state index contributed by atoms with van der Waals surface area (Å²) in [6, 6.07) is 21.2. The summed E-state index contributed by atoms with van der Waals surface area (Å²) >= 11 is 1.53. The number of hydrogen-bond acceptors (Lipinski definition) is 6. The summed E-state index contributed by atoms with van der Waals surface area (Å²) < 4.78 is 10.6. The van der Waals surface area contributed by atoms with Gasteiger partial charge in [0.05, 0.1) is 23.8 Å². The van der Waals surface area contributed by atoms with E-state index in [0.29, 0.717) is 11.4 Å². The molecule has 8 heteroatoms. The molecule has 3 rings (SSSR count). The lowest BCUT2D eigenvalue weighted by molar-refractivity contribution is -0.385. The molecule has 7 nitrogen and oxygen atoms in total. The molecule has 3 aromatic carbocycles. The highest BCUT2D eigenvalue weighted by Gasteiger charge is 2.14. The number of nitro groups is 1. The third-order valence-corrected chi connectivity index (χ3v) is 4.93. The first-order valence-electron chi connectivity index (χ1n) is 8.64. The molecule has 1 amide bonds. The third-order valence-electron chi connectivity index (χ3n) is 3.85. The Kier molecular flexibility index (Phi) is 6.70. The van der Waals surface area contributed by atoms with E-state index in [0.717, 1.165) is 9.79 Å². The number of non-ortho nitro benzene ring substituents is 1. The molecule has 0 bridgehead atoms. The molecule has 0 aliphatic rings. The molecule has 0 aliphatic heterocycles. The van der Waals surface area contributed by atoms with Gasteiger partial charge in [-0.15, -0.1) is 0 Å². The van der Waals surface area contributed by atoms with E-state index in [1.165, 1.54) is 37.1 Å². The van der Waals surface area contributed by atoms with Gasteiger partial charge >= 0.3 is 0 Å². The van der Waals surface area contributed by atoms with Crippen molar-refractivity contribution in [3.8, 4) is 11.5 Å². The second-order valence-corrected chi connectivity index (χ2v) is 6.96. The maximum atomic E-state index is 12.4. The highest BCUT2D eigenvalue weighted by molar-refractivity contribution is 7.99. The van der Waals surface area contributed by atoms with Crippen molar-refractivity contribution in [1.29, 1.82) is 0 Å². The molecular formula is C21H18N2O5S. The lowest BCUT2D eigenvalue weighted by atomic mass is 10.3. The maximum Gasteiger partial charge on any atom is 0.273 e. The predicted molar refractivity (Wildman–Crippen MR) is 111 cm³/mol. The minimum absolute atomic E-state index is 0.129. The summed E-state index contributed by atoms with van der Waals surface area (Å²) in [4.78, 5) is 24.7. The monoisotopic (exact) mass is 410 g/mol. The predicted octanol–water partition coefficient (Wildman–Crippen LogP) is 4.77. The Hall–Kier alpha value is -3.52. The zero-order chi connectivity index (χ0) is 20.6. The number of hydrogen-bond donors (Lipinski definition) is 1. The van der Waals surface area contributed by atoms with Gasteiger partial charge in [0.2, 0.25) is 0 Å². The first-order valence-corrected chi connectivity index (χ1v) is 9.45. The molecule has 0 radical (unpaired) electrons. The Labute approximate surface area is 171 Å². The van der Waals surface area contributed by atoms with Gasteiger partial charge in [-0.3, -0.25) is 14.9 Å². The fourth-order valence-electron chi connectivity index (χ4n) is 2.50. The summed E-state index contributed by atoms with van der Waals surface area (Å²) in [6.45, 7) is -0.318. The Morgan fingerprint density at radius 3 is 2.48 bits per heavy atom. The van der Waals surface area contributed by atoms with Crippen molar-refractivity contribution in [2.75, 3.05) is 19.0 Å². The molecule has 29 heavy (non-hydrogen) atoms. The van der Waals surface area contributed by atoms with Crippen molar-refractivity contribution in [3.05, 3.63) is 82.9 Å². The second-order valence-electron chi connectivity index (χ2n) is 5.84. The van der Waals surface area contributed by atoms with Gasteiger partial charge < -0.3 is 14.8 Å². The molecule has 0 unspecified atom stereocenters. The van der Waals surface area contributed by atoms with Crippen LogP contribution in [-0.2, 0) is 4.79 Å². The first-order chi connectivity index (χ1) is 14.1. The topological polar surface area (TPSA) is 90.7 Å². The van der Waals surface area contributed by atoms with Gasteiger partial charge in [-0.05, 0) is 30.3 Å². The van der Waals surface area contributed by atoms with E-state index < -0.39 is 4.92 Å². The smallest absolute Gasteiger partial charge is 0.273 e. The van der Waals surface area contributed by atoms with Crippen LogP contribution in [0.1, 0.15) is 0 Å². The van der Waals surface area contributed by atoms with E-state index in [2.05, 4.69) is 5.32 Å². The first kappa shape index (κ1) is 20.2. The highest BCUT2D eigenvalue weighted by Crippen LogP contribution is 2.33. The van der Waals surface area contributed by atoms with Crippen LogP contribution in [0, 0.1) is 10.1 Å². The largest absolute Gasteiger partial charge is 0.493 e. The average molecular weight is 410 g/mol. The van der Waals surface area contributed by atoms with Crippen molar-refractivity contribution in [2.45, 2.75) is 9.79 Å². The fourth-order valence-corrected chi connectivity index (χ4v) is 3.42. The zero-order valence-corrected chi connectivity index (χ0v) is 16.3. The van der Waals surface area contributed by atoms with E-state index in [4.69, 9.17) is 9.47 Å². The summed E-state index contributed by atoms with van der Waals surface area (Å²) in [7, 11) is 1.42. The van der Waals surface area contributed by atoms with Crippen LogP contribution in [0.4, 0.5) is 11.4 Å². The van der Waals surface area contributed by atoms with Crippen molar-refractivity contribution in [2.24, 2.45) is 0 Å². The quantitative estimate of drug-likeness (QED) is 0.425. The minimum Gasteiger partial charge on any atom is -0.493 e. The summed E-state index contributed by atoms with van der Waals surface area (Å²) in [5.41, 5.74) is 0.506. The van der Waals surface area contributed by atoms with E-state index in [1.807, 2.05) is 48.5 Å². The number of anilines is 1. The normalized spacial score (nSPS) is 10.2. The van der Waals surface area contributed by atoms with Crippen LogP contribution in [0.5, 0.6) is 11.5 Å². The van der Waals surface area contributed by atoms with Crippen molar-refractivity contribution in [1.82, 2.24) is 0 Å². The lowest BCUT2D eigenvalue weighted by Gasteiger charge is -2.13. The van der Waals surface area contributed by atoms with E-state index in [-0.39, 0.29) is 24.0 Å². The third kappa shape index (κ3) is 5.49. The number of benzene rings is 3. The SMILES string of the molecule is COc1ccc([N+](=O)[O-])cc1OCC(=O)Nc1ccccc1Sc1ccccc1. The molecule has 1 N–H and O–H groups in total. The molecule has 0 aliphatic carbocycles. The molecule has 0 heterocycles. The van der Waals surface area contributed by atoms with Gasteiger partial charge in [-0.1, -0.05) is 42.1 Å². The number of rotatable bonds is 8. The van der Waals surface area contributed by atoms with Gasteiger partial charge in [0.1, 0.15) is 0 Å². The van der Waals surface area contributed by atoms with E-state index in [9.17, 15) is 14.9 Å². The van der Waals surface area contributed by atoms with Crippen LogP contribution < -0.4 is 14.8 Å². The van der Waals surface area contributed by atoms with Gasteiger partial charge in [-0.25, -0.2) is 0 Å². The Balaban J connectivity index is 1.68. The Bertz CT molecular complexity index is 1010. The van der Waals surface area contributed by atoms with Crippen LogP contribution in [0.15, 0.2) is 82.6 Å². The number of carbonyl (C=O) groups is 1. The summed E-state index contributed by atoms with van der Waals surface area (Å²) in [5, 5.41) is 13.8. The molecule has 3 aromatic rings. The van der Waals surface area contributed by atoms with E-state index in [1.54, 1.807) is 6.07 Å². The van der Waals surface area contributed by atoms with Gasteiger partial charge in [-0.2, -0.15) is 0 Å². The lowest BCUT2D eigenvalue weighted by Crippen LogP contribution is -2.20. The molecule has 0 fully saturated rings. The van der Waals surface area contributed by atoms with Crippen LogP contribution in [0.2, 0.25) is 0 Å². The van der Waals surface area contributed by atoms with Crippen LogP contribution in [-0.4, -0.2) is 24.5 Å². The Morgan fingerprint density at radius 2 is 1.76 bits per heavy atom. The molecule has 0 saturated heterocycles. The fraction of sp³-hybridized carbons (Fsp3) is 0.0952. The number of nitrogens with one attached hydrogen (secondary N) is 1. The van der Waals surface area contributed by atoms with E-state index >= 15 is 0 Å². The maximum absolute atomic E-state index is 12.4. The number of para-hydroxylation sites is 1. The van der Waals surface area contributed by atoms with Crippen molar-refractivity contribution < 1.29 is 19.2 Å². The zero-order valence-electron chi connectivity index (χ0n) is 15.5. The highest BCUT2D eigenvalue weighted by atomic mass is 32.2. The number of ether oxygens (including phenoxy) is 2. The average Bonchev–Trinajstić information content (AvgIpc) is 2.74. The Morgan fingerprint density at radius 1 is 1.03 bits per heavy atom. The number of methoxy groups -OCH3 is 1. The summed E-state index contributed by atoms with van der Waals surface area (Å²) in [5.74, 6) is 0.0481. The minimum atomic E-state index is -0.538. The van der Waals surface area contributed by atoms with Gasteiger partial charge in [0.15, 0.2) is 18.1 Å². The van der Waals surface area contributed by atoms with Crippen LogP contribution in [0.3, 0.4) is 0 Å². The van der Waals surface area contributed by atoms with Crippen LogP contribution >= 0.6 is 11.8 Å². The van der Waals surface area contributed by atoms with Crippen LogP contribution in [0.25, 0.3) is 0 Å². The molecule has 0 saturated carbocycles. The van der Waals surface area contributed by atoms with Crippen molar-refractivity contribution >= 4 is 29.0 Å². The van der Waals surface area contributed by atoms with Gasteiger partial charge in [0.25, 0.3) is 11.6 Å². The molecule has 0 aromatic heterocycles. The molecule has 0 spiro atoms. The second kappa shape index (κ2) is 9.61.